The van der Waals surface area contributed by atoms with E-state index in [0.717, 1.165) is 21.2 Å². The molecule has 0 aliphatic heterocycles. The van der Waals surface area contributed by atoms with E-state index in [1.165, 1.54) is 5.56 Å². The lowest BCUT2D eigenvalue weighted by Crippen LogP contribution is -1.89. The molecule has 2 N–H and O–H groups in total. The third-order valence-electron chi connectivity index (χ3n) is 3.14. The van der Waals surface area contributed by atoms with Crippen molar-refractivity contribution in [2.24, 2.45) is 0 Å². The van der Waals surface area contributed by atoms with Gasteiger partial charge in [-0.25, -0.2) is 0 Å². The third kappa shape index (κ3) is 2.23. The van der Waals surface area contributed by atoms with E-state index in [0.29, 0.717) is 11.6 Å². The molecular formula is C16H13BrN2O. The first-order chi connectivity index (χ1) is 9.66. The zero-order chi connectivity index (χ0) is 14.1. The Morgan fingerprint density at radius 2 is 1.90 bits per heavy atom. The number of hydrogen-bond acceptors (Lipinski definition) is 3. The molecule has 3 aromatic rings. The van der Waals surface area contributed by atoms with Crippen LogP contribution in [-0.4, -0.2) is 5.16 Å². The summed E-state index contributed by atoms with van der Waals surface area (Å²) in [6.45, 7) is 2.05. The van der Waals surface area contributed by atoms with Crippen molar-refractivity contribution in [1.29, 1.82) is 0 Å². The summed E-state index contributed by atoms with van der Waals surface area (Å²) in [7, 11) is 0. The van der Waals surface area contributed by atoms with Gasteiger partial charge in [0.05, 0.1) is 5.56 Å². The first kappa shape index (κ1) is 12.9. The van der Waals surface area contributed by atoms with Gasteiger partial charge in [-0.05, 0) is 24.6 Å². The third-order valence-corrected chi connectivity index (χ3v) is 3.84. The molecule has 0 radical (unpaired) electrons. The van der Waals surface area contributed by atoms with E-state index in [-0.39, 0.29) is 0 Å². The molecule has 0 amide bonds. The number of aryl methyl sites for hydroxylation is 1. The highest BCUT2D eigenvalue weighted by Gasteiger charge is 2.19. The van der Waals surface area contributed by atoms with E-state index in [1.54, 1.807) is 0 Å². The summed E-state index contributed by atoms with van der Waals surface area (Å²) >= 11 is 3.53. The smallest absolute Gasteiger partial charge is 0.178 e. The molecule has 0 saturated carbocycles. The van der Waals surface area contributed by atoms with Crippen LogP contribution in [0.15, 0.2) is 57.5 Å². The molecule has 0 aliphatic carbocycles. The summed E-state index contributed by atoms with van der Waals surface area (Å²) < 4.78 is 6.40. The Hall–Kier alpha value is -2.07. The zero-order valence-corrected chi connectivity index (χ0v) is 12.5. The SMILES string of the molecule is Cc1cccc(-c2c(N)noc2-c2ccccc2Br)c1. The molecule has 0 saturated heterocycles. The molecule has 3 rings (SSSR count). The van der Waals surface area contributed by atoms with Crippen LogP contribution >= 0.6 is 15.9 Å². The van der Waals surface area contributed by atoms with E-state index in [4.69, 9.17) is 10.3 Å². The highest BCUT2D eigenvalue weighted by atomic mass is 79.9. The van der Waals surface area contributed by atoms with Crippen molar-refractivity contribution < 1.29 is 4.52 Å². The normalized spacial score (nSPS) is 10.7. The highest BCUT2D eigenvalue weighted by Crippen LogP contribution is 2.39. The molecule has 1 heterocycles. The Morgan fingerprint density at radius 1 is 1.10 bits per heavy atom. The van der Waals surface area contributed by atoms with Gasteiger partial charge in [0.1, 0.15) is 0 Å². The highest BCUT2D eigenvalue weighted by molar-refractivity contribution is 9.10. The fourth-order valence-corrected chi connectivity index (χ4v) is 2.68. The lowest BCUT2D eigenvalue weighted by Gasteiger charge is -2.05. The number of rotatable bonds is 2. The molecule has 4 heteroatoms. The minimum absolute atomic E-state index is 0.404. The Labute approximate surface area is 125 Å². The van der Waals surface area contributed by atoms with Crippen molar-refractivity contribution in [3.63, 3.8) is 0 Å². The van der Waals surface area contributed by atoms with Crippen LogP contribution in [0.25, 0.3) is 22.5 Å². The number of anilines is 1. The predicted octanol–water partition coefficient (Wildman–Crippen LogP) is 4.66. The molecular weight excluding hydrogens is 316 g/mol. The predicted molar refractivity (Wildman–Crippen MR) is 84.2 cm³/mol. The topological polar surface area (TPSA) is 52.0 Å². The van der Waals surface area contributed by atoms with Gasteiger partial charge in [0, 0.05) is 10.0 Å². The molecule has 0 aliphatic rings. The van der Waals surface area contributed by atoms with Crippen LogP contribution in [-0.2, 0) is 0 Å². The van der Waals surface area contributed by atoms with Crippen molar-refractivity contribution in [3.8, 4) is 22.5 Å². The van der Waals surface area contributed by atoms with Crippen molar-refractivity contribution in [2.45, 2.75) is 6.92 Å². The first-order valence-electron chi connectivity index (χ1n) is 6.24. The summed E-state index contributed by atoms with van der Waals surface area (Å²) in [5.41, 5.74) is 9.94. The Bertz CT molecular complexity index is 765. The number of hydrogen-bond donors (Lipinski definition) is 1. The second kappa shape index (κ2) is 5.13. The van der Waals surface area contributed by atoms with E-state index in [1.807, 2.05) is 49.4 Å². The van der Waals surface area contributed by atoms with Gasteiger partial charge >= 0.3 is 0 Å². The lowest BCUT2D eigenvalue weighted by molar-refractivity contribution is 0.436. The summed E-state index contributed by atoms with van der Waals surface area (Å²) in [6, 6.07) is 16.0. The van der Waals surface area contributed by atoms with Gasteiger partial charge in [-0.2, -0.15) is 0 Å². The minimum atomic E-state index is 0.404. The van der Waals surface area contributed by atoms with Crippen LogP contribution in [0.1, 0.15) is 5.56 Å². The molecule has 100 valence electrons. The molecule has 2 aromatic carbocycles. The van der Waals surface area contributed by atoms with Crippen molar-refractivity contribution >= 4 is 21.7 Å². The monoisotopic (exact) mass is 328 g/mol. The first-order valence-corrected chi connectivity index (χ1v) is 7.03. The molecule has 0 bridgehead atoms. The maximum Gasteiger partial charge on any atom is 0.178 e. The van der Waals surface area contributed by atoms with Crippen LogP contribution in [0.4, 0.5) is 5.82 Å². The Kier molecular flexibility index (Phi) is 3.32. The number of nitrogens with zero attached hydrogens (tertiary/aromatic N) is 1. The van der Waals surface area contributed by atoms with E-state index in [2.05, 4.69) is 27.2 Å². The van der Waals surface area contributed by atoms with E-state index in [9.17, 15) is 0 Å². The van der Waals surface area contributed by atoms with Gasteiger partial charge in [-0.3, -0.25) is 0 Å². The molecule has 0 spiro atoms. The number of nitrogen functional groups attached to an aromatic ring is 1. The van der Waals surface area contributed by atoms with Crippen LogP contribution in [0.5, 0.6) is 0 Å². The van der Waals surface area contributed by atoms with Crippen LogP contribution in [0.2, 0.25) is 0 Å². The molecule has 0 unspecified atom stereocenters. The van der Waals surface area contributed by atoms with Gasteiger partial charge in [-0.1, -0.05) is 63.0 Å². The fourth-order valence-electron chi connectivity index (χ4n) is 2.21. The molecule has 0 atom stereocenters. The molecule has 20 heavy (non-hydrogen) atoms. The summed E-state index contributed by atoms with van der Waals surface area (Å²) in [4.78, 5) is 0. The summed E-state index contributed by atoms with van der Waals surface area (Å²) in [6.07, 6.45) is 0. The van der Waals surface area contributed by atoms with Crippen LogP contribution < -0.4 is 5.73 Å². The second-order valence-corrected chi connectivity index (χ2v) is 5.48. The van der Waals surface area contributed by atoms with Crippen molar-refractivity contribution in [1.82, 2.24) is 5.16 Å². The quantitative estimate of drug-likeness (QED) is 0.744. The fraction of sp³-hybridized carbons (Fsp3) is 0.0625. The van der Waals surface area contributed by atoms with E-state index >= 15 is 0 Å². The number of halogens is 1. The van der Waals surface area contributed by atoms with E-state index < -0.39 is 0 Å². The molecule has 1 aromatic heterocycles. The van der Waals surface area contributed by atoms with Gasteiger partial charge in [0.25, 0.3) is 0 Å². The summed E-state index contributed by atoms with van der Waals surface area (Å²) in [5.74, 6) is 1.09. The van der Waals surface area contributed by atoms with Gasteiger partial charge in [-0.15, -0.1) is 0 Å². The van der Waals surface area contributed by atoms with Gasteiger partial charge < -0.3 is 10.3 Å². The van der Waals surface area contributed by atoms with Crippen LogP contribution in [0, 0.1) is 6.92 Å². The van der Waals surface area contributed by atoms with Crippen molar-refractivity contribution in [3.05, 3.63) is 58.6 Å². The minimum Gasteiger partial charge on any atom is -0.380 e. The van der Waals surface area contributed by atoms with Gasteiger partial charge in [0.15, 0.2) is 11.6 Å². The molecule has 3 nitrogen and oxygen atoms in total. The standard InChI is InChI=1S/C16H13BrN2O/c1-10-5-4-6-11(9-10)14-15(20-19-16(14)18)12-7-2-3-8-13(12)17/h2-9H,1H3,(H2,18,19). The number of benzene rings is 2. The number of nitrogens with two attached hydrogens (primary N) is 1. The molecule has 0 fully saturated rings. The average molecular weight is 329 g/mol. The summed E-state index contributed by atoms with van der Waals surface area (Å²) in [5, 5.41) is 3.92. The average Bonchev–Trinajstić information content (AvgIpc) is 2.81. The maximum absolute atomic E-state index is 5.99. The number of aromatic nitrogens is 1. The second-order valence-electron chi connectivity index (χ2n) is 4.62. The maximum atomic E-state index is 5.99. The van der Waals surface area contributed by atoms with Crippen molar-refractivity contribution in [2.75, 3.05) is 5.73 Å². The Morgan fingerprint density at radius 3 is 2.65 bits per heavy atom. The van der Waals surface area contributed by atoms with Gasteiger partial charge in [0.2, 0.25) is 0 Å². The lowest BCUT2D eigenvalue weighted by atomic mass is 10.00. The largest absolute Gasteiger partial charge is 0.380 e. The van der Waals surface area contributed by atoms with Crippen LogP contribution in [0.3, 0.4) is 0 Å². The Balaban J connectivity index is 2.23. The zero-order valence-electron chi connectivity index (χ0n) is 10.9.